The fourth-order valence-corrected chi connectivity index (χ4v) is 4.44. The van der Waals surface area contributed by atoms with Gasteiger partial charge in [-0.1, -0.05) is 17.1 Å². The van der Waals surface area contributed by atoms with Gasteiger partial charge in [-0.2, -0.15) is 0 Å². The maximum absolute atomic E-state index is 13.2. The molecular weight excluding hydrogens is 330 g/mol. The van der Waals surface area contributed by atoms with Crippen molar-refractivity contribution in [2.45, 2.75) is 58.5 Å². The summed E-state index contributed by atoms with van der Waals surface area (Å²) >= 11 is 0. The van der Waals surface area contributed by atoms with Crippen LogP contribution in [0.1, 0.15) is 56.1 Å². The summed E-state index contributed by atoms with van der Waals surface area (Å²) in [4.78, 5) is 33.4. The molecule has 3 amide bonds. The molecule has 26 heavy (non-hydrogen) atoms. The lowest BCUT2D eigenvalue weighted by atomic mass is 10.1. The monoisotopic (exact) mass is 356 g/mol. The van der Waals surface area contributed by atoms with Crippen molar-refractivity contribution < 1.29 is 14.2 Å². The largest absolute Gasteiger partial charge is 0.402 e. The minimum Gasteiger partial charge on any atom is -0.270 e. The summed E-state index contributed by atoms with van der Waals surface area (Å²) < 4.78 is 4.31. The summed E-state index contributed by atoms with van der Waals surface area (Å²) in [5.41, 5.74) is 2.22. The topological polar surface area (TPSA) is 61.8 Å². The minimum atomic E-state index is -0.542. The molecule has 0 spiro atoms. The fourth-order valence-electron chi connectivity index (χ4n) is 4.44. The molecule has 2 aliphatic heterocycles. The van der Waals surface area contributed by atoms with Crippen LogP contribution in [-0.2, 0) is 4.79 Å². The second-order valence-electron chi connectivity index (χ2n) is 7.38. The number of allylic oxidation sites excluding steroid dienone is 1. The number of aromatic nitrogens is 2. The molecule has 1 unspecified atom stereocenters. The van der Waals surface area contributed by atoms with Gasteiger partial charge in [0.05, 0.1) is 6.04 Å². The summed E-state index contributed by atoms with van der Waals surface area (Å²) in [6.07, 6.45) is 8.43. The van der Waals surface area contributed by atoms with E-state index in [-0.39, 0.29) is 11.9 Å². The SMILES string of the molecule is C/C=C/CN1C(=O)C2C(=Nc3n(C4CCCC4)c(C)c(C)[n+]32)N(C)C1=O. The van der Waals surface area contributed by atoms with Crippen LogP contribution in [0.3, 0.4) is 0 Å². The van der Waals surface area contributed by atoms with Crippen LogP contribution in [-0.4, -0.2) is 45.7 Å². The second-order valence-corrected chi connectivity index (χ2v) is 7.38. The zero-order valence-corrected chi connectivity index (χ0v) is 15.9. The van der Waals surface area contributed by atoms with Crippen molar-refractivity contribution in [3.05, 3.63) is 23.5 Å². The molecule has 0 bridgehead atoms. The first-order chi connectivity index (χ1) is 12.5. The highest BCUT2D eigenvalue weighted by atomic mass is 16.2. The maximum Gasteiger partial charge on any atom is 0.402 e. The van der Waals surface area contributed by atoms with E-state index in [1.807, 2.05) is 30.6 Å². The van der Waals surface area contributed by atoms with Crippen molar-refractivity contribution >= 4 is 23.7 Å². The van der Waals surface area contributed by atoms with Crippen LogP contribution >= 0.6 is 0 Å². The predicted octanol–water partition coefficient (Wildman–Crippen LogP) is 2.56. The molecule has 1 aromatic heterocycles. The Morgan fingerprint density at radius 2 is 1.92 bits per heavy atom. The summed E-state index contributed by atoms with van der Waals surface area (Å²) in [5, 5.41) is 0. The van der Waals surface area contributed by atoms with Gasteiger partial charge in [-0.15, -0.1) is 0 Å². The molecule has 2 fully saturated rings. The fraction of sp³-hybridized carbons (Fsp3) is 0.579. The van der Waals surface area contributed by atoms with E-state index in [0.717, 1.165) is 24.5 Å². The highest BCUT2D eigenvalue weighted by Gasteiger charge is 2.54. The van der Waals surface area contributed by atoms with Crippen LogP contribution in [0.25, 0.3) is 0 Å². The molecule has 0 aromatic carbocycles. The van der Waals surface area contributed by atoms with Gasteiger partial charge < -0.3 is 0 Å². The average molecular weight is 356 g/mol. The number of imide groups is 1. The summed E-state index contributed by atoms with van der Waals surface area (Å²) in [5.74, 6) is 1.16. The minimum absolute atomic E-state index is 0.194. The Morgan fingerprint density at radius 3 is 2.58 bits per heavy atom. The van der Waals surface area contributed by atoms with E-state index in [9.17, 15) is 9.59 Å². The molecule has 1 aliphatic carbocycles. The Hall–Kier alpha value is -2.44. The Kier molecular flexibility index (Phi) is 3.97. The van der Waals surface area contributed by atoms with Crippen LogP contribution in [0.4, 0.5) is 10.7 Å². The molecule has 138 valence electrons. The summed E-state index contributed by atoms with van der Waals surface area (Å²) in [6, 6.07) is -0.417. The van der Waals surface area contributed by atoms with Crippen LogP contribution in [0, 0.1) is 13.8 Å². The lowest BCUT2D eigenvalue weighted by Gasteiger charge is -2.32. The molecular formula is C19H26N5O2+. The first-order valence-electron chi connectivity index (χ1n) is 9.39. The molecule has 7 heteroatoms. The Balaban J connectivity index is 1.83. The van der Waals surface area contributed by atoms with E-state index in [1.165, 1.54) is 28.3 Å². The highest BCUT2D eigenvalue weighted by molar-refractivity contribution is 6.19. The van der Waals surface area contributed by atoms with Crippen LogP contribution in [0.5, 0.6) is 0 Å². The van der Waals surface area contributed by atoms with Gasteiger partial charge in [-0.25, -0.2) is 13.9 Å². The van der Waals surface area contributed by atoms with Crippen molar-refractivity contribution in [1.82, 2.24) is 14.4 Å². The van der Waals surface area contributed by atoms with Gasteiger partial charge in [-0.05, 0) is 46.5 Å². The first kappa shape index (κ1) is 17.0. The van der Waals surface area contributed by atoms with E-state index >= 15 is 0 Å². The van der Waals surface area contributed by atoms with E-state index in [1.54, 1.807) is 7.05 Å². The lowest BCUT2D eigenvalue weighted by Crippen LogP contribution is -2.63. The van der Waals surface area contributed by atoms with Gasteiger partial charge in [0.1, 0.15) is 11.4 Å². The number of likely N-dealkylation sites (N-methyl/N-ethyl adjacent to an activating group) is 1. The van der Waals surface area contributed by atoms with E-state index < -0.39 is 6.04 Å². The van der Waals surface area contributed by atoms with Gasteiger partial charge in [0.15, 0.2) is 0 Å². The number of hydrogen-bond acceptors (Lipinski definition) is 3. The van der Waals surface area contributed by atoms with Gasteiger partial charge in [0.2, 0.25) is 11.9 Å². The number of imidazole rings is 1. The molecule has 1 saturated heterocycles. The number of nitrogens with zero attached hydrogens (tertiary/aromatic N) is 5. The summed E-state index contributed by atoms with van der Waals surface area (Å²) in [7, 11) is 1.71. The molecule has 1 atom stereocenters. The van der Waals surface area contributed by atoms with Crippen molar-refractivity contribution in [2.75, 3.05) is 13.6 Å². The standard InChI is InChI=1S/C19H26N5O2/c1-5-6-11-22-17(25)15-16(21(4)19(22)26)20-18-23(14-9-7-8-10-14)12(2)13(3)24(15)18/h5-6,14-15H,7-11H2,1-4H3/q+1/b6-5+. The zero-order valence-electron chi connectivity index (χ0n) is 15.9. The van der Waals surface area contributed by atoms with E-state index in [2.05, 4.69) is 11.5 Å². The van der Waals surface area contributed by atoms with Crippen LogP contribution < -0.4 is 4.57 Å². The molecule has 0 N–H and O–H groups in total. The molecule has 1 saturated carbocycles. The first-order valence-corrected chi connectivity index (χ1v) is 9.39. The molecule has 3 heterocycles. The predicted molar refractivity (Wildman–Crippen MR) is 97.4 cm³/mol. The van der Waals surface area contributed by atoms with E-state index in [4.69, 9.17) is 4.99 Å². The number of carbonyl (C=O) groups is 2. The number of amides is 3. The lowest BCUT2D eigenvalue weighted by molar-refractivity contribution is -0.683. The van der Waals surface area contributed by atoms with Gasteiger partial charge in [0.25, 0.3) is 5.91 Å². The number of rotatable bonds is 3. The normalized spacial score (nSPS) is 23.2. The third-order valence-corrected chi connectivity index (χ3v) is 5.97. The maximum atomic E-state index is 13.2. The number of hydrogen-bond donors (Lipinski definition) is 0. The molecule has 1 aromatic rings. The number of urea groups is 1. The van der Waals surface area contributed by atoms with Gasteiger partial charge in [0, 0.05) is 13.6 Å². The number of amidine groups is 1. The second kappa shape index (κ2) is 6.07. The van der Waals surface area contributed by atoms with Crippen molar-refractivity contribution in [1.29, 1.82) is 0 Å². The Bertz CT molecular complexity index is 845. The van der Waals surface area contributed by atoms with Crippen molar-refractivity contribution in [2.24, 2.45) is 4.99 Å². The van der Waals surface area contributed by atoms with Crippen molar-refractivity contribution in [3.8, 4) is 0 Å². The smallest absolute Gasteiger partial charge is 0.270 e. The number of carbonyl (C=O) groups excluding carboxylic acids is 2. The van der Waals surface area contributed by atoms with Crippen LogP contribution in [0.2, 0.25) is 0 Å². The zero-order chi connectivity index (χ0) is 18.6. The Labute approximate surface area is 153 Å². The average Bonchev–Trinajstić information content (AvgIpc) is 3.32. The van der Waals surface area contributed by atoms with E-state index in [0.29, 0.717) is 18.4 Å². The molecule has 0 radical (unpaired) electrons. The third-order valence-electron chi connectivity index (χ3n) is 5.97. The van der Waals surface area contributed by atoms with Gasteiger partial charge in [-0.3, -0.25) is 14.6 Å². The molecule has 7 nitrogen and oxygen atoms in total. The third kappa shape index (κ3) is 2.19. The molecule has 4 rings (SSSR count). The van der Waals surface area contributed by atoms with Gasteiger partial charge >= 0.3 is 12.0 Å². The number of aliphatic imine (C=N–C) groups is 1. The van der Waals surface area contributed by atoms with Crippen molar-refractivity contribution in [3.63, 3.8) is 0 Å². The quantitative estimate of drug-likeness (QED) is 0.617. The Morgan fingerprint density at radius 1 is 1.23 bits per heavy atom. The molecule has 3 aliphatic rings. The summed E-state index contributed by atoms with van der Waals surface area (Å²) in [6.45, 7) is 6.32. The number of fused-ring (bicyclic) bond motifs is 3. The highest BCUT2D eigenvalue weighted by Crippen LogP contribution is 2.38. The van der Waals surface area contributed by atoms with Crippen LogP contribution in [0.15, 0.2) is 17.1 Å².